The fourth-order valence-electron chi connectivity index (χ4n) is 5.26. The number of anilines is 1. The van der Waals surface area contributed by atoms with Crippen LogP contribution in [0.15, 0.2) is 103 Å². The number of nitrogens with zero attached hydrogens (tertiary/aromatic N) is 3. The van der Waals surface area contributed by atoms with Gasteiger partial charge in [-0.3, -0.25) is 14.4 Å². The van der Waals surface area contributed by atoms with Gasteiger partial charge in [0.2, 0.25) is 0 Å². The van der Waals surface area contributed by atoms with E-state index in [9.17, 15) is 14.4 Å². The molecule has 7 rings (SSSR count). The summed E-state index contributed by atoms with van der Waals surface area (Å²) in [5.41, 5.74) is 4.82. The molecule has 0 spiro atoms. The van der Waals surface area contributed by atoms with Crippen molar-refractivity contribution >= 4 is 45.1 Å². The van der Waals surface area contributed by atoms with Gasteiger partial charge in [0.1, 0.15) is 11.5 Å². The molecule has 0 saturated carbocycles. The predicted molar refractivity (Wildman–Crippen MR) is 171 cm³/mol. The van der Waals surface area contributed by atoms with E-state index in [1.54, 1.807) is 41.6 Å². The molecule has 44 heavy (non-hydrogen) atoms. The van der Waals surface area contributed by atoms with E-state index in [0.717, 1.165) is 33.4 Å². The summed E-state index contributed by atoms with van der Waals surface area (Å²) in [6.07, 6.45) is 3.39. The number of carbonyl (C=O) groups is 3. The number of aromatic nitrogens is 4. The second-order valence-corrected chi connectivity index (χ2v) is 10.7. The number of halogens is 1. The molecule has 6 aromatic rings. The van der Waals surface area contributed by atoms with Crippen LogP contribution in [0.25, 0.3) is 22.2 Å². The van der Waals surface area contributed by atoms with Crippen molar-refractivity contribution < 1.29 is 14.4 Å². The summed E-state index contributed by atoms with van der Waals surface area (Å²) in [4.78, 5) is 49.1. The zero-order valence-corrected chi connectivity index (χ0v) is 24.6. The van der Waals surface area contributed by atoms with Crippen LogP contribution in [0.5, 0.6) is 0 Å². The molecule has 0 radical (unpaired) electrons. The maximum atomic E-state index is 13.5. The molecule has 0 unspecified atom stereocenters. The second kappa shape index (κ2) is 12.4. The number of carbonyl (C=O) groups excluding carboxylic acids is 3. The Hall–Kier alpha value is -5.41. The molecule has 0 aliphatic carbocycles. The molecular formula is C34H29ClN6O3. The number of hydrogen-bond donors (Lipinski definition) is 3. The SMILES string of the molecule is Cc1ccc(NC(=O)c2nc(-c3cccc4ccccc34)n3c2CN(C(=O)c2ccc[nH]2)CC3)cc1.O=C(Cl)c1ccc[nH]1. The lowest BCUT2D eigenvalue weighted by Gasteiger charge is -2.29. The highest BCUT2D eigenvalue weighted by molar-refractivity contribution is 6.67. The number of H-pyrrole nitrogens is 2. The van der Waals surface area contributed by atoms with Gasteiger partial charge in [0.25, 0.3) is 17.1 Å². The molecule has 3 N–H and O–H groups in total. The van der Waals surface area contributed by atoms with Crippen LogP contribution in [0.3, 0.4) is 0 Å². The van der Waals surface area contributed by atoms with Crippen LogP contribution in [0.1, 0.15) is 42.7 Å². The van der Waals surface area contributed by atoms with E-state index in [0.29, 0.717) is 42.4 Å². The predicted octanol–water partition coefficient (Wildman–Crippen LogP) is 6.64. The lowest BCUT2D eigenvalue weighted by molar-refractivity contribution is 0.0703. The van der Waals surface area contributed by atoms with Crippen molar-refractivity contribution in [3.05, 3.63) is 132 Å². The Kier molecular flexibility index (Phi) is 8.12. The van der Waals surface area contributed by atoms with Gasteiger partial charge in [0.15, 0.2) is 5.69 Å². The van der Waals surface area contributed by atoms with E-state index in [2.05, 4.69) is 38.1 Å². The first kappa shape index (κ1) is 28.7. The van der Waals surface area contributed by atoms with Gasteiger partial charge in [-0.2, -0.15) is 0 Å². The third-order valence-corrected chi connectivity index (χ3v) is 7.69. The topological polar surface area (TPSA) is 116 Å². The summed E-state index contributed by atoms with van der Waals surface area (Å²) in [6, 6.07) is 28.9. The van der Waals surface area contributed by atoms with E-state index < -0.39 is 5.24 Å². The molecule has 0 atom stereocenters. The van der Waals surface area contributed by atoms with Gasteiger partial charge in [-0.15, -0.1) is 0 Å². The first-order valence-corrected chi connectivity index (χ1v) is 14.5. The van der Waals surface area contributed by atoms with Crippen molar-refractivity contribution in [3.63, 3.8) is 0 Å². The van der Waals surface area contributed by atoms with Crippen molar-refractivity contribution in [2.75, 3.05) is 11.9 Å². The Morgan fingerprint density at radius 2 is 1.52 bits per heavy atom. The number of nitrogens with one attached hydrogen (secondary N) is 3. The van der Waals surface area contributed by atoms with E-state index >= 15 is 0 Å². The number of benzene rings is 3. The Bertz CT molecular complexity index is 1940. The summed E-state index contributed by atoms with van der Waals surface area (Å²) in [6.45, 7) is 3.37. The molecule has 1 aliphatic heterocycles. The highest BCUT2D eigenvalue weighted by Gasteiger charge is 2.31. The van der Waals surface area contributed by atoms with Crippen LogP contribution in [0, 0.1) is 6.92 Å². The Balaban J connectivity index is 0.000000374. The first-order valence-electron chi connectivity index (χ1n) is 14.1. The fraction of sp³-hybridized carbons (Fsp3) is 0.118. The minimum absolute atomic E-state index is 0.0935. The second-order valence-electron chi connectivity index (χ2n) is 10.4. The summed E-state index contributed by atoms with van der Waals surface area (Å²) < 4.78 is 2.09. The van der Waals surface area contributed by atoms with Crippen LogP contribution < -0.4 is 5.32 Å². The molecule has 0 bridgehead atoms. The van der Waals surface area contributed by atoms with Crippen LogP contribution in [-0.2, 0) is 13.1 Å². The highest BCUT2D eigenvalue weighted by atomic mass is 35.5. The summed E-state index contributed by atoms with van der Waals surface area (Å²) in [7, 11) is 0. The average molecular weight is 605 g/mol. The minimum atomic E-state index is -0.449. The molecule has 1 aliphatic rings. The number of fused-ring (bicyclic) bond motifs is 2. The van der Waals surface area contributed by atoms with Crippen LogP contribution in [0.4, 0.5) is 5.69 Å². The molecule has 0 fully saturated rings. The molecule has 10 heteroatoms. The van der Waals surface area contributed by atoms with Gasteiger partial charge in [-0.25, -0.2) is 4.98 Å². The molecular weight excluding hydrogens is 576 g/mol. The van der Waals surface area contributed by atoms with Crippen LogP contribution >= 0.6 is 11.6 Å². The van der Waals surface area contributed by atoms with Gasteiger partial charge in [0, 0.05) is 36.7 Å². The van der Waals surface area contributed by atoms with Crippen molar-refractivity contribution in [1.29, 1.82) is 0 Å². The smallest absolute Gasteiger partial charge is 0.276 e. The Morgan fingerprint density at radius 1 is 0.818 bits per heavy atom. The van der Waals surface area contributed by atoms with Crippen molar-refractivity contribution in [1.82, 2.24) is 24.4 Å². The molecule has 9 nitrogen and oxygen atoms in total. The van der Waals surface area contributed by atoms with Crippen molar-refractivity contribution in [3.8, 4) is 11.4 Å². The minimum Gasteiger partial charge on any atom is -0.358 e. The van der Waals surface area contributed by atoms with E-state index in [4.69, 9.17) is 16.6 Å². The molecule has 4 heterocycles. The number of amides is 2. The van der Waals surface area contributed by atoms with E-state index in [1.807, 2.05) is 55.5 Å². The van der Waals surface area contributed by atoms with Crippen LogP contribution in [0.2, 0.25) is 0 Å². The Labute approximate surface area is 258 Å². The van der Waals surface area contributed by atoms with Crippen LogP contribution in [-0.4, -0.2) is 48.0 Å². The molecule has 220 valence electrons. The van der Waals surface area contributed by atoms with Gasteiger partial charge < -0.3 is 24.8 Å². The largest absolute Gasteiger partial charge is 0.358 e. The standard InChI is InChI=1S/C29H25N5O2.C5H4ClNO/c1-19-11-13-21(14-12-19)31-28(35)26-25-18-33(29(36)24-10-5-15-30-24)16-17-34(25)27(32-26)23-9-4-7-20-6-2-3-8-22(20)23;6-5(8)4-2-1-3-7-4/h2-15,30H,16-18H2,1H3,(H,31,35);1-3,7H. The number of imidazole rings is 1. The summed E-state index contributed by atoms with van der Waals surface area (Å²) >= 11 is 5.07. The van der Waals surface area contributed by atoms with Gasteiger partial charge in [0.05, 0.1) is 17.9 Å². The zero-order valence-electron chi connectivity index (χ0n) is 23.9. The van der Waals surface area contributed by atoms with Crippen molar-refractivity contribution in [2.45, 2.75) is 20.0 Å². The highest BCUT2D eigenvalue weighted by Crippen LogP contribution is 2.32. The molecule has 3 aromatic carbocycles. The van der Waals surface area contributed by atoms with E-state index in [1.165, 1.54) is 0 Å². The lowest BCUT2D eigenvalue weighted by atomic mass is 10.0. The van der Waals surface area contributed by atoms with Gasteiger partial charge >= 0.3 is 0 Å². The van der Waals surface area contributed by atoms with E-state index in [-0.39, 0.29) is 11.8 Å². The van der Waals surface area contributed by atoms with Gasteiger partial charge in [-0.05, 0) is 65.7 Å². The number of aromatic amines is 2. The van der Waals surface area contributed by atoms with Crippen molar-refractivity contribution in [2.24, 2.45) is 0 Å². The molecule has 3 aromatic heterocycles. The number of hydrogen-bond acceptors (Lipinski definition) is 4. The zero-order chi connectivity index (χ0) is 30.6. The third kappa shape index (κ3) is 5.91. The maximum Gasteiger partial charge on any atom is 0.276 e. The number of rotatable bonds is 5. The number of aryl methyl sites for hydroxylation is 1. The summed E-state index contributed by atoms with van der Waals surface area (Å²) in [5, 5.41) is 4.72. The molecule has 2 amide bonds. The normalized spacial score (nSPS) is 12.3. The van der Waals surface area contributed by atoms with Gasteiger partial charge in [-0.1, -0.05) is 60.2 Å². The molecule has 0 saturated heterocycles. The lowest BCUT2D eigenvalue weighted by Crippen LogP contribution is -2.39. The summed E-state index contributed by atoms with van der Waals surface area (Å²) in [5.74, 6) is 0.357. The average Bonchev–Trinajstić information content (AvgIpc) is 3.84. The monoisotopic (exact) mass is 604 g/mol. The first-order chi connectivity index (χ1) is 21.4. The quantitative estimate of drug-likeness (QED) is 0.191. The third-order valence-electron chi connectivity index (χ3n) is 7.49. The maximum absolute atomic E-state index is 13.5. The fourth-order valence-corrected chi connectivity index (χ4v) is 5.38. The Morgan fingerprint density at radius 3 is 2.20 bits per heavy atom.